The molecule has 1 atom stereocenters. The van der Waals surface area contributed by atoms with Crippen LogP contribution in [0.2, 0.25) is 0 Å². The fraction of sp³-hybridized carbons (Fsp3) is 0.385. The number of benzene rings is 1. The van der Waals surface area contributed by atoms with Gasteiger partial charge in [-0.25, -0.2) is 4.79 Å². The first-order valence-corrected chi connectivity index (χ1v) is 5.77. The molecule has 6 heteroatoms. The van der Waals surface area contributed by atoms with Gasteiger partial charge in [-0.15, -0.1) is 12.4 Å². The lowest BCUT2D eigenvalue weighted by Gasteiger charge is -2.14. The highest BCUT2D eigenvalue weighted by molar-refractivity contribution is 5.85. The lowest BCUT2D eigenvalue weighted by molar-refractivity contribution is -0.149. The molecule has 1 aromatic carbocycles. The molecule has 0 saturated heterocycles. The molecule has 0 fully saturated rings. The predicted octanol–water partition coefficient (Wildman–Crippen LogP) is 1.21. The first-order valence-electron chi connectivity index (χ1n) is 5.77. The van der Waals surface area contributed by atoms with Gasteiger partial charge in [0, 0.05) is 5.92 Å². The Morgan fingerprint density at radius 1 is 1.26 bits per heavy atom. The van der Waals surface area contributed by atoms with E-state index in [1.165, 1.54) is 0 Å². The molecular weight excluding hydrogens is 268 g/mol. The zero-order valence-corrected chi connectivity index (χ0v) is 11.8. The van der Waals surface area contributed by atoms with E-state index in [2.05, 4.69) is 5.32 Å². The molecule has 0 aliphatic rings. The minimum absolute atomic E-state index is 0. The Morgan fingerprint density at radius 3 is 2.37 bits per heavy atom. The fourth-order valence-electron chi connectivity index (χ4n) is 1.20. The molecule has 19 heavy (non-hydrogen) atoms. The maximum absolute atomic E-state index is 11.5. The average Bonchev–Trinajstić information content (AvgIpc) is 2.36. The summed E-state index contributed by atoms with van der Waals surface area (Å²) in [6, 6.07) is 9.25. The van der Waals surface area contributed by atoms with Gasteiger partial charge in [-0.05, 0) is 5.56 Å². The van der Waals surface area contributed by atoms with E-state index in [4.69, 9.17) is 10.5 Å². The van der Waals surface area contributed by atoms with Crippen molar-refractivity contribution in [1.29, 1.82) is 0 Å². The van der Waals surface area contributed by atoms with Gasteiger partial charge in [-0.3, -0.25) is 4.79 Å². The number of hydrogen-bond donors (Lipinski definition) is 2. The number of carbonyl (C=O) groups is 2. The van der Waals surface area contributed by atoms with Gasteiger partial charge >= 0.3 is 5.97 Å². The van der Waals surface area contributed by atoms with Crippen LogP contribution in [0.1, 0.15) is 19.4 Å². The molecule has 3 N–H and O–H groups in total. The quantitative estimate of drug-likeness (QED) is 0.630. The van der Waals surface area contributed by atoms with Crippen molar-refractivity contribution >= 4 is 24.3 Å². The number of hydrogen-bond acceptors (Lipinski definition) is 4. The van der Waals surface area contributed by atoms with Gasteiger partial charge in [0.25, 0.3) is 0 Å². The molecule has 0 radical (unpaired) electrons. The Bertz CT molecular complexity index is 410. The molecule has 0 aliphatic heterocycles. The summed E-state index contributed by atoms with van der Waals surface area (Å²) in [5.41, 5.74) is 6.38. The number of ether oxygens (including phenoxy) is 1. The minimum atomic E-state index is -1.12. The van der Waals surface area contributed by atoms with Crippen LogP contribution in [0.15, 0.2) is 30.3 Å². The number of esters is 1. The highest BCUT2D eigenvalue weighted by Gasteiger charge is 2.18. The summed E-state index contributed by atoms with van der Waals surface area (Å²) in [6.07, 6.45) is -1.12. The second-order valence-corrected chi connectivity index (χ2v) is 4.23. The lowest BCUT2D eigenvalue weighted by atomic mass is 10.2. The summed E-state index contributed by atoms with van der Waals surface area (Å²) < 4.78 is 4.99. The van der Waals surface area contributed by atoms with Gasteiger partial charge in [0.05, 0.1) is 0 Å². The highest BCUT2D eigenvalue weighted by atomic mass is 35.5. The van der Waals surface area contributed by atoms with E-state index in [1.54, 1.807) is 13.8 Å². The molecule has 0 bridgehead atoms. The van der Waals surface area contributed by atoms with Gasteiger partial charge < -0.3 is 15.8 Å². The molecule has 0 saturated carbocycles. The van der Waals surface area contributed by atoms with E-state index in [9.17, 15) is 9.59 Å². The average molecular weight is 287 g/mol. The van der Waals surface area contributed by atoms with Crippen LogP contribution in [0.3, 0.4) is 0 Å². The number of rotatable bonds is 5. The van der Waals surface area contributed by atoms with Gasteiger partial charge in [-0.1, -0.05) is 44.2 Å². The Labute approximate surface area is 118 Å². The Hall–Kier alpha value is -1.59. The summed E-state index contributed by atoms with van der Waals surface area (Å²) in [5, 5.41) is 2.38. The predicted molar refractivity (Wildman–Crippen MR) is 74.4 cm³/mol. The first kappa shape index (κ1) is 17.4. The normalized spacial score (nSPS) is 11.4. The highest BCUT2D eigenvalue weighted by Crippen LogP contribution is 2.01. The fourth-order valence-corrected chi connectivity index (χ4v) is 1.20. The van der Waals surface area contributed by atoms with Gasteiger partial charge in [0.1, 0.15) is 6.61 Å². The number of amides is 1. The second kappa shape index (κ2) is 8.50. The van der Waals surface area contributed by atoms with Crippen molar-refractivity contribution in [1.82, 2.24) is 5.32 Å². The van der Waals surface area contributed by atoms with Gasteiger partial charge in [0.2, 0.25) is 5.91 Å². The SMILES string of the molecule is CC(C)C(=O)NC(N)C(=O)OCc1ccccc1.Cl. The monoisotopic (exact) mass is 286 g/mol. The summed E-state index contributed by atoms with van der Waals surface area (Å²) in [7, 11) is 0. The van der Waals surface area contributed by atoms with Crippen molar-refractivity contribution in [3.63, 3.8) is 0 Å². The molecule has 1 unspecified atom stereocenters. The molecular formula is C13H19ClN2O3. The van der Waals surface area contributed by atoms with E-state index >= 15 is 0 Å². The molecule has 0 aliphatic carbocycles. The Kier molecular flexibility index (Phi) is 7.79. The van der Waals surface area contributed by atoms with Crippen LogP contribution < -0.4 is 11.1 Å². The smallest absolute Gasteiger partial charge is 0.343 e. The van der Waals surface area contributed by atoms with E-state index in [0.717, 1.165) is 5.56 Å². The van der Waals surface area contributed by atoms with Crippen molar-refractivity contribution in [3.8, 4) is 0 Å². The molecule has 0 heterocycles. The third kappa shape index (κ3) is 6.22. The summed E-state index contributed by atoms with van der Waals surface area (Å²) >= 11 is 0. The van der Waals surface area contributed by atoms with Crippen LogP contribution in [0.5, 0.6) is 0 Å². The van der Waals surface area contributed by atoms with Crippen molar-refractivity contribution in [2.75, 3.05) is 0 Å². The first-order chi connectivity index (χ1) is 8.50. The molecule has 0 spiro atoms. The third-order valence-corrected chi connectivity index (χ3v) is 2.30. The topological polar surface area (TPSA) is 81.4 Å². The number of nitrogens with one attached hydrogen (secondary N) is 1. The zero-order valence-electron chi connectivity index (χ0n) is 11.0. The summed E-state index contributed by atoms with van der Waals surface area (Å²) in [6.45, 7) is 3.58. The number of nitrogens with two attached hydrogens (primary N) is 1. The third-order valence-electron chi connectivity index (χ3n) is 2.30. The lowest BCUT2D eigenvalue weighted by Crippen LogP contribution is -2.49. The van der Waals surface area contributed by atoms with Crippen LogP contribution in [-0.2, 0) is 20.9 Å². The number of carbonyl (C=O) groups excluding carboxylic acids is 2. The van der Waals surface area contributed by atoms with Crippen molar-refractivity contribution < 1.29 is 14.3 Å². The van der Waals surface area contributed by atoms with Gasteiger partial charge in [-0.2, -0.15) is 0 Å². The maximum Gasteiger partial charge on any atom is 0.343 e. The standard InChI is InChI=1S/C13H18N2O3.ClH/c1-9(2)12(16)15-11(14)13(17)18-8-10-6-4-3-5-7-10;/h3-7,9,11H,8,14H2,1-2H3,(H,15,16);1H. The van der Waals surface area contributed by atoms with E-state index in [-0.39, 0.29) is 30.8 Å². The van der Waals surface area contributed by atoms with Gasteiger partial charge in [0.15, 0.2) is 6.17 Å². The molecule has 106 valence electrons. The number of halogens is 1. The molecule has 1 amide bonds. The van der Waals surface area contributed by atoms with E-state index in [0.29, 0.717) is 0 Å². The van der Waals surface area contributed by atoms with Crippen LogP contribution in [0.25, 0.3) is 0 Å². The minimum Gasteiger partial charge on any atom is -0.458 e. The Morgan fingerprint density at radius 2 is 1.84 bits per heavy atom. The van der Waals surface area contributed by atoms with Crippen LogP contribution >= 0.6 is 12.4 Å². The van der Waals surface area contributed by atoms with Crippen molar-refractivity contribution in [3.05, 3.63) is 35.9 Å². The molecule has 0 aromatic heterocycles. The molecule has 5 nitrogen and oxygen atoms in total. The summed E-state index contributed by atoms with van der Waals surface area (Å²) in [4.78, 5) is 22.8. The van der Waals surface area contributed by atoms with Crippen molar-refractivity contribution in [2.45, 2.75) is 26.6 Å². The van der Waals surface area contributed by atoms with E-state index in [1.807, 2.05) is 30.3 Å². The Balaban J connectivity index is 0.00000324. The largest absolute Gasteiger partial charge is 0.458 e. The molecule has 1 rings (SSSR count). The second-order valence-electron chi connectivity index (χ2n) is 4.23. The van der Waals surface area contributed by atoms with Crippen LogP contribution in [-0.4, -0.2) is 18.0 Å². The molecule has 1 aromatic rings. The van der Waals surface area contributed by atoms with Crippen LogP contribution in [0, 0.1) is 5.92 Å². The maximum atomic E-state index is 11.5. The summed E-state index contributed by atoms with van der Waals surface area (Å²) in [5.74, 6) is -1.15. The van der Waals surface area contributed by atoms with Crippen LogP contribution in [0.4, 0.5) is 0 Å². The van der Waals surface area contributed by atoms with Crippen molar-refractivity contribution in [2.24, 2.45) is 11.7 Å². The zero-order chi connectivity index (χ0) is 13.5. The van der Waals surface area contributed by atoms with E-state index < -0.39 is 12.1 Å².